The molecule has 8 nitrogen and oxygen atoms in total. The van der Waals surface area contributed by atoms with E-state index in [1.807, 2.05) is 36.4 Å². The molecule has 0 saturated carbocycles. The summed E-state index contributed by atoms with van der Waals surface area (Å²) in [6.07, 6.45) is 2.99. The maximum absolute atomic E-state index is 13.1. The highest BCUT2D eigenvalue weighted by Gasteiger charge is 2.33. The average Bonchev–Trinajstić information content (AvgIpc) is 3.05. The Morgan fingerprint density at radius 1 is 1.10 bits per heavy atom. The lowest BCUT2D eigenvalue weighted by molar-refractivity contribution is 0.181. The summed E-state index contributed by atoms with van der Waals surface area (Å²) in [6.45, 7) is 4.99. The molecule has 0 aliphatic carbocycles. The van der Waals surface area contributed by atoms with E-state index in [9.17, 15) is 8.42 Å². The van der Waals surface area contributed by atoms with Gasteiger partial charge in [-0.25, -0.2) is 18.4 Å². The molecule has 3 heterocycles. The van der Waals surface area contributed by atoms with Crippen LogP contribution in [0.3, 0.4) is 0 Å². The van der Waals surface area contributed by atoms with Crippen molar-refractivity contribution in [3.05, 3.63) is 54.1 Å². The van der Waals surface area contributed by atoms with Gasteiger partial charge in [-0.2, -0.15) is 9.40 Å². The lowest BCUT2D eigenvalue weighted by atomic mass is 9.99. The molecule has 164 valence electrons. The first kappa shape index (κ1) is 21.5. The summed E-state index contributed by atoms with van der Waals surface area (Å²) in [4.78, 5) is 8.86. The van der Waals surface area contributed by atoms with Gasteiger partial charge in [-0.3, -0.25) is 4.68 Å². The number of rotatable bonds is 6. The van der Waals surface area contributed by atoms with Gasteiger partial charge in [0.1, 0.15) is 11.2 Å². The molecule has 0 N–H and O–H groups in total. The van der Waals surface area contributed by atoms with Gasteiger partial charge in [0, 0.05) is 31.8 Å². The number of hydrogen-bond donors (Lipinski definition) is 0. The Balaban J connectivity index is 1.36. The molecule has 0 radical (unpaired) electrons. The van der Waals surface area contributed by atoms with E-state index in [1.54, 1.807) is 29.9 Å². The number of hydrogen-bond acceptors (Lipinski definition) is 6. The first-order valence-electron chi connectivity index (χ1n) is 10.4. The second-order valence-corrected chi connectivity index (χ2v) is 9.76. The molecule has 31 heavy (non-hydrogen) atoms. The maximum atomic E-state index is 13.1. The third-order valence-electron chi connectivity index (χ3n) is 5.79. The lowest BCUT2D eigenvalue weighted by Gasteiger charge is -2.31. The van der Waals surface area contributed by atoms with Gasteiger partial charge in [-0.05, 0) is 32.6 Å². The third kappa shape index (κ3) is 4.47. The monoisotopic (exact) mass is 441 g/mol. The number of aryl methyl sites for hydroxylation is 2. The molecule has 0 unspecified atom stereocenters. The fourth-order valence-electron chi connectivity index (χ4n) is 3.96. The van der Waals surface area contributed by atoms with Crippen LogP contribution in [0, 0.1) is 19.8 Å². The van der Waals surface area contributed by atoms with Crippen LogP contribution in [0.2, 0.25) is 0 Å². The molecule has 1 fully saturated rings. The number of nitrogens with zero attached hydrogens (tertiary/aromatic N) is 5. The molecule has 0 bridgehead atoms. The smallest absolute Gasteiger partial charge is 0.246 e. The molecule has 1 saturated heterocycles. The van der Waals surface area contributed by atoms with Gasteiger partial charge < -0.3 is 4.74 Å². The first-order valence-corrected chi connectivity index (χ1v) is 11.8. The summed E-state index contributed by atoms with van der Waals surface area (Å²) in [5, 5.41) is 4.26. The van der Waals surface area contributed by atoms with Crippen LogP contribution in [0.15, 0.2) is 47.6 Å². The van der Waals surface area contributed by atoms with E-state index >= 15 is 0 Å². The minimum Gasteiger partial charge on any atom is -0.477 e. The Morgan fingerprint density at radius 3 is 2.45 bits per heavy atom. The van der Waals surface area contributed by atoms with Crippen molar-refractivity contribution in [1.29, 1.82) is 0 Å². The second-order valence-electron chi connectivity index (χ2n) is 7.89. The van der Waals surface area contributed by atoms with E-state index in [0.717, 1.165) is 24.1 Å². The highest BCUT2D eigenvalue weighted by atomic mass is 32.2. The van der Waals surface area contributed by atoms with Crippen LogP contribution in [-0.2, 0) is 17.1 Å². The summed E-state index contributed by atoms with van der Waals surface area (Å²) in [6, 6.07) is 11.7. The zero-order valence-electron chi connectivity index (χ0n) is 18.0. The van der Waals surface area contributed by atoms with Gasteiger partial charge >= 0.3 is 0 Å². The van der Waals surface area contributed by atoms with Crippen molar-refractivity contribution in [3.63, 3.8) is 0 Å². The van der Waals surface area contributed by atoms with E-state index in [2.05, 4.69) is 15.1 Å². The standard InChI is InChI=1S/C22H27N5O3S/c1-16-22(17(2)26(3)25-16)31(28,29)27-11-9-18(10-12-27)14-30-21-13-20(23-15-24-21)19-7-5-4-6-8-19/h4-8,13,15,18H,9-12,14H2,1-3H3. The Bertz CT molecular complexity index is 1150. The van der Waals surface area contributed by atoms with Crippen LogP contribution in [0.4, 0.5) is 0 Å². The average molecular weight is 442 g/mol. The highest BCUT2D eigenvalue weighted by Crippen LogP contribution is 2.28. The summed E-state index contributed by atoms with van der Waals surface area (Å²) in [7, 11) is -1.78. The summed E-state index contributed by atoms with van der Waals surface area (Å²) in [5.41, 5.74) is 3.03. The molecule has 1 aliphatic rings. The van der Waals surface area contributed by atoms with Gasteiger partial charge in [0.2, 0.25) is 15.9 Å². The number of aromatic nitrogens is 4. The van der Waals surface area contributed by atoms with Crippen molar-refractivity contribution < 1.29 is 13.2 Å². The molecule has 1 aromatic carbocycles. The Hall–Kier alpha value is -2.78. The normalized spacial score (nSPS) is 15.8. The minimum absolute atomic E-state index is 0.276. The van der Waals surface area contributed by atoms with Crippen molar-refractivity contribution in [2.24, 2.45) is 13.0 Å². The van der Waals surface area contributed by atoms with Crippen molar-refractivity contribution in [3.8, 4) is 17.1 Å². The predicted octanol–water partition coefficient (Wildman–Crippen LogP) is 2.97. The van der Waals surface area contributed by atoms with Crippen LogP contribution in [-0.4, -0.2) is 52.2 Å². The van der Waals surface area contributed by atoms with Crippen LogP contribution < -0.4 is 4.74 Å². The van der Waals surface area contributed by atoms with Crippen LogP contribution in [0.1, 0.15) is 24.2 Å². The molecule has 0 atom stereocenters. The van der Waals surface area contributed by atoms with Crippen molar-refractivity contribution in [2.45, 2.75) is 31.6 Å². The third-order valence-corrected chi connectivity index (χ3v) is 7.94. The highest BCUT2D eigenvalue weighted by molar-refractivity contribution is 7.89. The predicted molar refractivity (Wildman–Crippen MR) is 117 cm³/mol. The number of benzene rings is 1. The van der Waals surface area contributed by atoms with Crippen LogP contribution in [0.5, 0.6) is 5.88 Å². The van der Waals surface area contributed by atoms with Crippen LogP contribution in [0.25, 0.3) is 11.3 Å². The van der Waals surface area contributed by atoms with Gasteiger partial charge in [0.25, 0.3) is 0 Å². The Labute approximate surface area is 183 Å². The Morgan fingerprint density at radius 2 is 1.81 bits per heavy atom. The largest absolute Gasteiger partial charge is 0.477 e. The molecular formula is C22H27N5O3S. The zero-order valence-corrected chi connectivity index (χ0v) is 18.8. The van der Waals surface area contributed by atoms with Gasteiger partial charge in [0.15, 0.2) is 0 Å². The molecule has 3 aromatic rings. The molecule has 2 aromatic heterocycles. The summed E-state index contributed by atoms with van der Waals surface area (Å²) in [5.74, 6) is 0.809. The molecule has 4 rings (SSSR count). The van der Waals surface area contributed by atoms with Gasteiger partial charge in [-0.1, -0.05) is 30.3 Å². The van der Waals surface area contributed by atoms with Crippen molar-refractivity contribution in [2.75, 3.05) is 19.7 Å². The SMILES string of the molecule is Cc1nn(C)c(C)c1S(=O)(=O)N1CCC(COc2cc(-c3ccccc3)ncn2)CC1. The summed E-state index contributed by atoms with van der Waals surface area (Å²) >= 11 is 0. The van der Waals surface area contributed by atoms with Crippen molar-refractivity contribution >= 4 is 10.0 Å². The maximum Gasteiger partial charge on any atom is 0.246 e. The van der Waals surface area contributed by atoms with E-state index < -0.39 is 10.0 Å². The summed E-state index contributed by atoms with van der Waals surface area (Å²) < 4.78 is 35.4. The Kier molecular flexibility index (Phi) is 6.06. The van der Waals surface area contributed by atoms with E-state index in [0.29, 0.717) is 41.9 Å². The van der Waals surface area contributed by atoms with Crippen LogP contribution >= 0.6 is 0 Å². The second kappa shape index (κ2) is 8.76. The van der Waals surface area contributed by atoms with Gasteiger partial charge in [-0.15, -0.1) is 0 Å². The molecule has 1 aliphatic heterocycles. The lowest BCUT2D eigenvalue weighted by Crippen LogP contribution is -2.40. The molecular weight excluding hydrogens is 414 g/mol. The van der Waals surface area contributed by atoms with Gasteiger partial charge in [0.05, 0.1) is 23.7 Å². The van der Waals surface area contributed by atoms with Crippen molar-refractivity contribution in [1.82, 2.24) is 24.1 Å². The minimum atomic E-state index is -3.54. The quantitative estimate of drug-likeness (QED) is 0.584. The zero-order chi connectivity index (χ0) is 22.0. The number of piperidine rings is 1. The molecule has 0 spiro atoms. The number of ether oxygens (including phenoxy) is 1. The number of sulfonamides is 1. The topological polar surface area (TPSA) is 90.2 Å². The molecule has 0 amide bonds. The molecule has 9 heteroatoms. The fourth-order valence-corrected chi connectivity index (χ4v) is 5.83. The first-order chi connectivity index (χ1) is 14.9. The van der Waals surface area contributed by atoms with E-state index in [-0.39, 0.29) is 5.92 Å². The van der Waals surface area contributed by atoms with E-state index in [1.165, 1.54) is 6.33 Å². The van der Waals surface area contributed by atoms with E-state index in [4.69, 9.17) is 4.74 Å². The fraction of sp³-hybridized carbons (Fsp3) is 0.409.